The fourth-order valence-electron chi connectivity index (χ4n) is 1.68. The van der Waals surface area contributed by atoms with Crippen molar-refractivity contribution < 1.29 is 14.7 Å². The van der Waals surface area contributed by atoms with Crippen LogP contribution < -0.4 is 5.32 Å². The minimum absolute atomic E-state index is 0.0247. The SMILES string of the molecule is Cc1cncc(C(=O)Nc2cc(Cl)ccc2C(=O)O)c1. The number of nitrogens with one attached hydrogen (secondary N) is 1. The lowest BCUT2D eigenvalue weighted by molar-refractivity contribution is 0.0698. The summed E-state index contributed by atoms with van der Waals surface area (Å²) in [5.41, 5.74) is 1.31. The summed E-state index contributed by atoms with van der Waals surface area (Å²) in [7, 11) is 0. The molecule has 0 spiro atoms. The third kappa shape index (κ3) is 3.13. The molecule has 2 N–H and O–H groups in total. The van der Waals surface area contributed by atoms with Crippen LogP contribution in [0.2, 0.25) is 5.02 Å². The first-order chi connectivity index (χ1) is 9.47. The average molecular weight is 291 g/mol. The number of pyridine rings is 1. The lowest BCUT2D eigenvalue weighted by Crippen LogP contribution is -2.15. The van der Waals surface area contributed by atoms with Crippen molar-refractivity contribution in [3.05, 3.63) is 58.4 Å². The van der Waals surface area contributed by atoms with Crippen molar-refractivity contribution in [2.75, 3.05) is 5.32 Å². The summed E-state index contributed by atoms with van der Waals surface area (Å²) in [5, 5.41) is 11.9. The van der Waals surface area contributed by atoms with Crippen LogP contribution in [0, 0.1) is 6.92 Å². The highest BCUT2D eigenvalue weighted by Gasteiger charge is 2.14. The second kappa shape index (κ2) is 5.71. The van der Waals surface area contributed by atoms with Crippen molar-refractivity contribution in [3.8, 4) is 0 Å². The zero-order valence-electron chi connectivity index (χ0n) is 10.6. The molecule has 0 atom stereocenters. The maximum absolute atomic E-state index is 12.1. The van der Waals surface area contributed by atoms with E-state index in [0.717, 1.165) is 5.56 Å². The fourth-order valence-corrected chi connectivity index (χ4v) is 1.85. The number of carbonyl (C=O) groups excluding carboxylic acids is 1. The van der Waals surface area contributed by atoms with Crippen molar-refractivity contribution in [3.63, 3.8) is 0 Å². The Morgan fingerprint density at radius 2 is 2.00 bits per heavy atom. The molecule has 0 aliphatic rings. The lowest BCUT2D eigenvalue weighted by atomic mass is 10.1. The van der Waals surface area contributed by atoms with Gasteiger partial charge in [-0.3, -0.25) is 9.78 Å². The molecule has 0 unspecified atom stereocenters. The van der Waals surface area contributed by atoms with Gasteiger partial charge in [0.25, 0.3) is 5.91 Å². The van der Waals surface area contributed by atoms with Crippen molar-refractivity contribution >= 4 is 29.2 Å². The minimum atomic E-state index is -1.14. The van der Waals surface area contributed by atoms with E-state index < -0.39 is 11.9 Å². The van der Waals surface area contributed by atoms with Gasteiger partial charge >= 0.3 is 5.97 Å². The molecule has 1 aromatic heterocycles. The van der Waals surface area contributed by atoms with Gasteiger partial charge in [0.2, 0.25) is 0 Å². The summed E-state index contributed by atoms with van der Waals surface area (Å²) in [4.78, 5) is 27.1. The number of aromatic nitrogens is 1. The maximum Gasteiger partial charge on any atom is 0.337 e. The first kappa shape index (κ1) is 14.0. The number of anilines is 1. The van der Waals surface area contributed by atoms with Crippen LogP contribution in [0.3, 0.4) is 0 Å². The Hall–Kier alpha value is -2.40. The number of amides is 1. The normalized spacial score (nSPS) is 10.1. The molecule has 1 aromatic carbocycles. The zero-order valence-corrected chi connectivity index (χ0v) is 11.3. The van der Waals surface area contributed by atoms with Crippen LogP contribution in [-0.4, -0.2) is 22.0 Å². The quantitative estimate of drug-likeness (QED) is 0.911. The standard InChI is InChI=1S/C14H11ClN2O3/c1-8-4-9(7-16-6-8)13(18)17-12-5-10(15)2-3-11(12)14(19)20/h2-7H,1H3,(H,17,18)(H,19,20). The van der Waals surface area contributed by atoms with Crippen molar-refractivity contribution in [1.29, 1.82) is 0 Å². The summed E-state index contributed by atoms with van der Waals surface area (Å²) >= 11 is 5.82. The second-order valence-electron chi connectivity index (χ2n) is 4.20. The monoisotopic (exact) mass is 290 g/mol. The molecule has 0 aliphatic heterocycles. The van der Waals surface area contributed by atoms with E-state index in [9.17, 15) is 9.59 Å². The average Bonchev–Trinajstić information content (AvgIpc) is 2.38. The zero-order chi connectivity index (χ0) is 14.7. The fraction of sp³-hybridized carbons (Fsp3) is 0.0714. The molecule has 102 valence electrons. The van der Waals surface area contributed by atoms with Crippen LogP contribution in [0.4, 0.5) is 5.69 Å². The third-order valence-corrected chi connectivity index (χ3v) is 2.83. The molecule has 1 amide bonds. The van der Waals surface area contributed by atoms with Crippen LogP contribution in [0.25, 0.3) is 0 Å². The third-order valence-electron chi connectivity index (χ3n) is 2.60. The topological polar surface area (TPSA) is 79.3 Å². The maximum atomic E-state index is 12.1. The molecule has 2 aromatic rings. The van der Waals surface area contributed by atoms with Crippen molar-refractivity contribution in [1.82, 2.24) is 4.98 Å². The van der Waals surface area contributed by atoms with E-state index >= 15 is 0 Å². The number of carboxylic acid groups (broad SMARTS) is 1. The highest BCUT2D eigenvalue weighted by atomic mass is 35.5. The van der Waals surface area contributed by atoms with Gasteiger partial charge in [0, 0.05) is 17.4 Å². The van der Waals surface area contributed by atoms with Gasteiger partial charge in [0.05, 0.1) is 16.8 Å². The lowest BCUT2D eigenvalue weighted by Gasteiger charge is -2.09. The number of aryl methyl sites for hydroxylation is 1. The van der Waals surface area contributed by atoms with Gasteiger partial charge in [0.15, 0.2) is 0 Å². The molecule has 0 aliphatic carbocycles. The summed E-state index contributed by atoms with van der Waals surface area (Å²) in [5.74, 6) is -1.58. The molecule has 0 radical (unpaired) electrons. The molecular formula is C14H11ClN2O3. The van der Waals surface area contributed by atoms with Crippen LogP contribution in [0.1, 0.15) is 26.3 Å². The first-order valence-corrected chi connectivity index (χ1v) is 6.11. The second-order valence-corrected chi connectivity index (χ2v) is 4.64. The Morgan fingerprint density at radius 1 is 1.25 bits per heavy atom. The molecule has 20 heavy (non-hydrogen) atoms. The van der Waals surface area contributed by atoms with Crippen LogP contribution in [0.15, 0.2) is 36.7 Å². The first-order valence-electron chi connectivity index (χ1n) is 5.73. The van der Waals surface area contributed by atoms with Crippen LogP contribution >= 0.6 is 11.6 Å². The van der Waals surface area contributed by atoms with Gasteiger partial charge in [-0.15, -0.1) is 0 Å². The van der Waals surface area contributed by atoms with Gasteiger partial charge in [0.1, 0.15) is 0 Å². The van der Waals surface area contributed by atoms with E-state index in [2.05, 4.69) is 10.3 Å². The van der Waals surface area contributed by atoms with Crippen LogP contribution in [-0.2, 0) is 0 Å². The molecule has 2 rings (SSSR count). The van der Waals surface area contributed by atoms with Crippen LogP contribution in [0.5, 0.6) is 0 Å². The summed E-state index contributed by atoms with van der Waals surface area (Å²) < 4.78 is 0. The number of hydrogen-bond donors (Lipinski definition) is 2. The Kier molecular flexibility index (Phi) is 4.00. The molecule has 6 heteroatoms. The Labute approximate surface area is 120 Å². The summed E-state index contributed by atoms with van der Waals surface area (Å²) in [6.07, 6.45) is 3.03. The van der Waals surface area contributed by atoms with Gasteiger partial charge in [-0.2, -0.15) is 0 Å². The predicted molar refractivity (Wildman–Crippen MR) is 75.3 cm³/mol. The number of rotatable bonds is 3. The van der Waals surface area contributed by atoms with E-state index in [-0.39, 0.29) is 11.3 Å². The Balaban J connectivity index is 2.32. The number of nitrogens with zero attached hydrogens (tertiary/aromatic N) is 1. The molecule has 5 nitrogen and oxygen atoms in total. The molecule has 0 saturated heterocycles. The number of hydrogen-bond acceptors (Lipinski definition) is 3. The van der Waals surface area contributed by atoms with E-state index in [1.165, 1.54) is 24.4 Å². The van der Waals surface area contributed by atoms with Crippen molar-refractivity contribution in [2.24, 2.45) is 0 Å². The van der Waals surface area contributed by atoms with E-state index in [1.807, 2.05) is 6.92 Å². The van der Waals surface area contributed by atoms with E-state index in [4.69, 9.17) is 16.7 Å². The molecule has 0 bridgehead atoms. The number of aromatic carboxylic acids is 1. The largest absolute Gasteiger partial charge is 0.478 e. The number of benzene rings is 1. The summed E-state index contributed by atoms with van der Waals surface area (Å²) in [6.45, 7) is 1.81. The Morgan fingerprint density at radius 3 is 2.65 bits per heavy atom. The van der Waals surface area contributed by atoms with Gasteiger partial charge in [-0.05, 0) is 36.8 Å². The van der Waals surface area contributed by atoms with E-state index in [1.54, 1.807) is 12.3 Å². The van der Waals surface area contributed by atoms with Gasteiger partial charge in [-0.1, -0.05) is 11.6 Å². The minimum Gasteiger partial charge on any atom is -0.478 e. The molecular weight excluding hydrogens is 280 g/mol. The van der Waals surface area contributed by atoms with Gasteiger partial charge < -0.3 is 10.4 Å². The number of carbonyl (C=O) groups is 2. The number of carboxylic acids is 1. The predicted octanol–water partition coefficient (Wildman–Crippen LogP) is 2.99. The highest BCUT2D eigenvalue weighted by Crippen LogP contribution is 2.22. The molecule has 1 heterocycles. The highest BCUT2D eigenvalue weighted by molar-refractivity contribution is 6.31. The smallest absolute Gasteiger partial charge is 0.337 e. The molecule has 0 fully saturated rings. The summed E-state index contributed by atoms with van der Waals surface area (Å²) in [6, 6.07) is 5.85. The van der Waals surface area contributed by atoms with Crippen molar-refractivity contribution in [2.45, 2.75) is 6.92 Å². The Bertz CT molecular complexity index is 686. The molecule has 0 saturated carbocycles. The van der Waals surface area contributed by atoms with Gasteiger partial charge in [-0.25, -0.2) is 4.79 Å². The number of halogens is 1. The van der Waals surface area contributed by atoms with E-state index in [0.29, 0.717) is 10.6 Å².